The lowest BCUT2D eigenvalue weighted by Gasteiger charge is -2.19. The van der Waals surface area contributed by atoms with Crippen molar-refractivity contribution in [2.45, 2.75) is 38.3 Å². The van der Waals surface area contributed by atoms with Crippen molar-refractivity contribution in [3.8, 4) is 5.75 Å². The normalized spacial score (nSPS) is 12.1. The number of unbranched alkanes of at least 4 members (excludes halogenated alkanes) is 1. The van der Waals surface area contributed by atoms with Crippen molar-refractivity contribution in [3.63, 3.8) is 0 Å². The Bertz CT molecular complexity index is 819. The third-order valence-electron chi connectivity index (χ3n) is 3.94. The standard InChI is InChI=1S/C19H15F7O2/c1-2-3-4-14-15(20)9-13(10-16(14)21)28-17(27)11-5-7-12(8-6-11)18(22,23)19(24,25)26/h5-10H,2-4H2,1H3. The number of hydrogen-bond donors (Lipinski definition) is 0. The molecule has 0 aliphatic heterocycles. The van der Waals surface area contributed by atoms with Crippen LogP contribution in [0, 0.1) is 11.6 Å². The predicted molar refractivity (Wildman–Crippen MR) is 86.3 cm³/mol. The molecule has 2 rings (SSSR count). The summed E-state index contributed by atoms with van der Waals surface area (Å²) in [5.41, 5.74) is -1.87. The molecule has 0 atom stereocenters. The Morgan fingerprint density at radius 1 is 0.964 bits per heavy atom. The van der Waals surface area contributed by atoms with E-state index in [1.807, 2.05) is 6.92 Å². The fraction of sp³-hybridized carbons (Fsp3) is 0.316. The van der Waals surface area contributed by atoms with Gasteiger partial charge in [0.05, 0.1) is 5.56 Å². The summed E-state index contributed by atoms with van der Waals surface area (Å²) >= 11 is 0. The molecule has 0 fully saturated rings. The van der Waals surface area contributed by atoms with Gasteiger partial charge in [0.15, 0.2) is 0 Å². The molecule has 9 heteroatoms. The Hall–Kier alpha value is -2.58. The molecule has 2 aromatic rings. The minimum Gasteiger partial charge on any atom is -0.423 e. The highest BCUT2D eigenvalue weighted by Gasteiger charge is 2.58. The van der Waals surface area contributed by atoms with Crippen molar-refractivity contribution in [3.05, 3.63) is 64.7 Å². The smallest absolute Gasteiger partial charge is 0.423 e. The van der Waals surface area contributed by atoms with Crippen LogP contribution in [0.4, 0.5) is 30.7 Å². The first kappa shape index (κ1) is 21.7. The number of hydrogen-bond acceptors (Lipinski definition) is 2. The first-order valence-corrected chi connectivity index (χ1v) is 8.22. The molecule has 0 N–H and O–H groups in total. The lowest BCUT2D eigenvalue weighted by atomic mass is 10.1. The van der Waals surface area contributed by atoms with Crippen molar-refractivity contribution < 1.29 is 40.3 Å². The molecule has 0 spiro atoms. The van der Waals surface area contributed by atoms with Gasteiger partial charge in [-0.1, -0.05) is 25.5 Å². The summed E-state index contributed by atoms with van der Waals surface area (Å²) in [6.45, 7) is 1.85. The van der Waals surface area contributed by atoms with Crippen LogP contribution in [0.2, 0.25) is 0 Å². The van der Waals surface area contributed by atoms with E-state index in [0.717, 1.165) is 18.6 Å². The Balaban J connectivity index is 2.17. The molecule has 2 nitrogen and oxygen atoms in total. The molecule has 0 heterocycles. The Kier molecular flexibility index (Phi) is 6.36. The first-order chi connectivity index (χ1) is 13.0. The van der Waals surface area contributed by atoms with E-state index in [0.29, 0.717) is 30.7 Å². The minimum absolute atomic E-state index is 0.152. The molecule has 28 heavy (non-hydrogen) atoms. The molecule has 0 aliphatic carbocycles. The number of esters is 1. The Labute approximate surface area is 155 Å². The number of carbonyl (C=O) groups excluding carboxylic acids is 1. The second-order valence-electron chi connectivity index (χ2n) is 6.01. The molecule has 0 aliphatic rings. The van der Waals surface area contributed by atoms with Crippen molar-refractivity contribution >= 4 is 5.97 Å². The summed E-state index contributed by atoms with van der Waals surface area (Å²) in [7, 11) is 0. The number of rotatable bonds is 6. The van der Waals surface area contributed by atoms with E-state index in [2.05, 4.69) is 0 Å². The monoisotopic (exact) mass is 408 g/mol. The van der Waals surface area contributed by atoms with Crippen LogP contribution in [-0.2, 0) is 12.3 Å². The van der Waals surface area contributed by atoms with Crippen LogP contribution in [-0.4, -0.2) is 12.1 Å². The van der Waals surface area contributed by atoms with E-state index in [4.69, 9.17) is 4.74 Å². The number of benzene rings is 2. The maximum atomic E-state index is 14.0. The lowest BCUT2D eigenvalue weighted by Crippen LogP contribution is -2.33. The zero-order valence-corrected chi connectivity index (χ0v) is 14.5. The van der Waals surface area contributed by atoms with E-state index in [-0.39, 0.29) is 17.5 Å². The van der Waals surface area contributed by atoms with Gasteiger partial charge in [-0.25, -0.2) is 13.6 Å². The van der Waals surface area contributed by atoms with Crippen molar-refractivity contribution in [1.29, 1.82) is 0 Å². The molecule has 0 saturated carbocycles. The van der Waals surface area contributed by atoms with Gasteiger partial charge in [-0.05, 0) is 25.0 Å². The zero-order valence-electron chi connectivity index (χ0n) is 14.5. The molecular weight excluding hydrogens is 393 g/mol. The van der Waals surface area contributed by atoms with Gasteiger partial charge < -0.3 is 4.74 Å². The third kappa shape index (κ3) is 4.63. The van der Waals surface area contributed by atoms with E-state index in [1.54, 1.807) is 0 Å². The van der Waals surface area contributed by atoms with Gasteiger partial charge in [0, 0.05) is 23.3 Å². The van der Waals surface area contributed by atoms with Crippen molar-refractivity contribution in [2.75, 3.05) is 0 Å². The largest absolute Gasteiger partial charge is 0.458 e. The van der Waals surface area contributed by atoms with Crippen LogP contribution in [0.1, 0.15) is 41.3 Å². The summed E-state index contributed by atoms with van der Waals surface area (Å²) in [4.78, 5) is 12.0. The molecule has 0 bridgehead atoms. The van der Waals surface area contributed by atoms with Gasteiger partial charge in [0.1, 0.15) is 17.4 Å². The van der Waals surface area contributed by atoms with Gasteiger partial charge in [0.25, 0.3) is 0 Å². The second kappa shape index (κ2) is 8.20. The summed E-state index contributed by atoms with van der Waals surface area (Å²) in [6.07, 6.45) is -4.35. The average Bonchev–Trinajstić information content (AvgIpc) is 2.60. The van der Waals surface area contributed by atoms with Gasteiger partial charge in [-0.3, -0.25) is 0 Å². The molecule has 152 valence electrons. The third-order valence-corrected chi connectivity index (χ3v) is 3.94. The maximum absolute atomic E-state index is 14.0. The summed E-state index contributed by atoms with van der Waals surface area (Å²) in [6, 6.07) is 3.88. The SMILES string of the molecule is CCCCc1c(F)cc(OC(=O)c2ccc(C(F)(F)C(F)(F)F)cc2)cc1F. The highest BCUT2D eigenvalue weighted by molar-refractivity contribution is 5.91. The number of halogens is 7. The van der Waals surface area contributed by atoms with Crippen LogP contribution in [0.5, 0.6) is 5.75 Å². The topological polar surface area (TPSA) is 26.3 Å². The zero-order chi connectivity index (χ0) is 21.1. The highest BCUT2D eigenvalue weighted by Crippen LogP contribution is 2.43. The van der Waals surface area contributed by atoms with Gasteiger partial charge in [0.2, 0.25) is 0 Å². The van der Waals surface area contributed by atoms with Crippen LogP contribution in [0.3, 0.4) is 0 Å². The summed E-state index contributed by atoms with van der Waals surface area (Å²) in [5, 5.41) is 0. The van der Waals surface area contributed by atoms with Gasteiger partial charge in [-0.15, -0.1) is 0 Å². The van der Waals surface area contributed by atoms with E-state index in [9.17, 15) is 35.5 Å². The molecule has 0 aromatic heterocycles. The van der Waals surface area contributed by atoms with Gasteiger partial charge >= 0.3 is 18.1 Å². The van der Waals surface area contributed by atoms with Crippen molar-refractivity contribution in [2.24, 2.45) is 0 Å². The summed E-state index contributed by atoms with van der Waals surface area (Å²) in [5.74, 6) is -8.52. The van der Waals surface area contributed by atoms with Crippen molar-refractivity contribution in [1.82, 2.24) is 0 Å². The highest BCUT2D eigenvalue weighted by atomic mass is 19.4. The van der Waals surface area contributed by atoms with Crippen LogP contribution in [0.15, 0.2) is 36.4 Å². The fourth-order valence-corrected chi connectivity index (χ4v) is 2.38. The van der Waals surface area contributed by atoms with Crippen LogP contribution >= 0.6 is 0 Å². The number of carbonyl (C=O) groups is 1. The van der Waals surface area contributed by atoms with Gasteiger partial charge in [-0.2, -0.15) is 22.0 Å². The molecule has 0 unspecified atom stereocenters. The maximum Gasteiger partial charge on any atom is 0.458 e. The molecule has 2 aromatic carbocycles. The minimum atomic E-state index is -5.79. The van der Waals surface area contributed by atoms with E-state index < -0.39 is 41.0 Å². The quantitative estimate of drug-likeness (QED) is 0.324. The summed E-state index contributed by atoms with van der Waals surface area (Å²) < 4.78 is 96.2. The van der Waals surface area contributed by atoms with E-state index in [1.165, 1.54) is 0 Å². The second-order valence-corrected chi connectivity index (χ2v) is 6.01. The first-order valence-electron chi connectivity index (χ1n) is 8.22. The lowest BCUT2D eigenvalue weighted by molar-refractivity contribution is -0.289. The average molecular weight is 408 g/mol. The number of alkyl halides is 5. The molecule has 0 radical (unpaired) electrons. The van der Waals surface area contributed by atoms with E-state index >= 15 is 0 Å². The number of ether oxygens (including phenoxy) is 1. The predicted octanol–water partition coefficient (Wildman–Crippen LogP) is 6.18. The molecule has 0 saturated heterocycles. The fourth-order valence-electron chi connectivity index (χ4n) is 2.38. The Morgan fingerprint density at radius 2 is 1.50 bits per heavy atom. The van der Waals surface area contributed by atoms with Crippen LogP contribution < -0.4 is 4.74 Å². The van der Waals surface area contributed by atoms with Crippen LogP contribution in [0.25, 0.3) is 0 Å². The Morgan fingerprint density at radius 3 is 1.96 bits per heavy atom. The molecular formula is C19H15F7O2. The molecule has 0 amide bonds.